The molecule has 1 amide bonds. The maximum atomic E-state index is 12.4. The Labute approximate surface area is 158 Å². The van der Waals surface area contributed by atoms with E-state index in [-0.39, 0.29) is 11.7 Å². The van der Waals surface area contributed by atoms with E-state index in [1.807, 2.05) is 11.0 Å². The molecule has 1 aromatic heterocycles. The highest BCUT2D eigenvalue weighted by atomic mass is 16.3. The van der Waals surface area contributed by atoms with Crippen LogP contribution >= 0.6 is 0 Å². The van der Waals surface area contributed by atoms with Gasteiger partial charge in [-0.1, -0.05) is 30.3 Å². The number of aromatic hydroxyl groups is 1. The van der Waals surface area contributed by atoms with Gasteiger partial charge in [-0.25, -0.2) is 5.10 Å². The van der Waals surface area contributed by atoms with Crippen molar-refractivity contribution in [2.45, 2.75) is 25.7 Å². The van der Waals surface area contributed by atoms with Gasteiger partial charge in [0.1, 0.15) is 0 Å². The number of benzene rings is 1. The van der Waals surface area contributed by atoms with Crippen LogP contribution in [0.5, 0.6) is 5.75 Å². The third-order valence-electron chi connectivity index (χ3n) is 4.94. The zero-order chi connectivity index (χ0) is 19.1. The minimum atomic E-state index is -0.617. The number of hydrogen-bond acceptors (Lipinski definition) is 5. The van der Waals surface area contributed by atoms with E-state index in [0.29, 0.717) is 18.5 Å². The molecular formula is C20H26N4O3. The Morgan fingerprint density at radius 3 is 2.56 bits per heavy atom. The van der Waals surface area contributed by atoms with E-state index < -0.39 is 5.56 Å². The highest BCUT2D eigenvalue weighted by Gasteiger charge is 2.20. The molecule has 27 heavy (non-hydrogen) atoms. The van der Waals surface area contributed by atoms with Crippen molar-refractivity contribution in [3.05, 3.63) is 58.0 Å². The molecule has 0 unspecified atom stereocenters. The zero-order valence-electron chi connectivity index (χ0n) is 15.4. The molecule has 7 nitrogen and oxygen atoms in total. The van der Waals surface area contributed by atoms with Gasteiger partial charge < -0.3 is 10.0 Å². The standard InChI is InChI=1S/C20H26N4O3/c25-18-15-17(21-22-20(18)27)8-9-19(26)24-13-11-23(12-14-24)10-4-7-16-5-2-1-3-6-16/h1-3,5-6,15H,4,7-14H2,(H,21,25)(H,22,27). The summed E-state index contributed by atoms with van der Waals surface area (Å²) in [6.45, 7) is 4.34. The second-order valence-electron chi connectivity index (χ2n) is 6.89. The number of aryl methyl sites for hydroxylation is 2. The van der Waals surface area contributed by atoms with Crippen molar-refractivity contribution in [3.63, 3.8) is 0 Å². The first-order valence-corrected chi connectivity index (χ1v) is 9.43. The van der Waals surface area contributed by atoms with Crippen LogP contribution in [0, 0.1) is 0 Å². The highest BCUT2D eigenvalue weighted by molar-refractivity contribution is 5.76. The molecule has 1 aliphatic heterocycles. The van der Waals surface area contributed by atoms with E-state index >= 15 is 0 Å². The molecule has 2 N–H and O–H groups in total. The number of rotatable bonds is 7. The van der Waals surface area contributed by atoms with Gasteiger partial charge in [-0.3, -0.25) is 14.5 Å². The number of nitrogens with zero attached hydrogens (tertiary/aromatic N) is 3. The van der Waals surface area contributed by atoms with Crippen LogP contribution in [0.25, 0.3) is 0 Å². The summed E-state index contributed by atoms with van der Waals surface area (Å²) in [7, 11) is 0. The first-order chi connectivity index (χ1) is 13.1. The predicted octanol–water partition coefficient (Wildman–Crippen LogP) is 1.19. The minimum Gasteiger partial charge on any atom is -0.503 e. The number of amides is 1. The molecule has 144 valence electrons. The van der Waals surface area contributed by atoms with Crippen molar-refractivity contribution in [1.29, 1.82) is 0 Å². The van der Waals surface area contributed by atoms with Crippen LogP contribution < -0.4 is 5.56 Å². The van der Waals surface area contributed by atoms with Gasteiger partial charge in [0.05, 0.1) is 5.69 Å². The Hall–Kier alpha value is -2.67. The van der Waals surface area contributed by atoms with Crippen LogP contribution in [0.1, 0.15) is 24.1 Å². The van der Waals surface area contributed by atoms with Gasteiger partial charge >= 0.3 is 5.56 Å². The molecule has 0 aliphatic carbocycles. The number of carbonyl (C=O) groups is 1. The van der Waals surface area contributed by atoms with Crippen LogP contribution in [0.15, 0.2) is 41.2 Å². The maximum absolute atomic E-state index is 12.4. The second kappa shape index (κ2) is 9.32. The number of piperazine rings is 1. The van der Waals surface area contributed by atoms with E-state index in [0.717, 1.165) is 45.6 Å². The summed E-state index contributed by atoms with van der Waals surface area (Å²) in [5.41, 5.74) is 1.27. The SMILES string of the molecule is O=C(CCc1cc(O)c(=O)[nH]n1)N1CCN(CCCc2ccccc2)CC1. The first kappa shape index (κ1) is 19.1. The van der Waals surface area contributed by atoms with Gasteiger partial charge in [-0.2, -0.15) is 5.10 Å². The molecule has 3 rings (SSSR count). The monoisotopic (exact) mass is 370 g/mol. The number of nitrogens with one attached hydrogen (secondary N) is 1. The molecule has 7 heteroatoms. The fraction of sp³-hybridized carbons (Fsp3) is 0.450. The Balaban J connectivity index is 1.36. The molecule has 1 aromatic carbocycles. The van der Waals surface area contributed by atoms with Crippen LogP contribution in [0.2, 0.25) is 0 Å². The zero-order valence-corrected chi connectivity index (χ0v) is 15.4. The molecule has 0 spiro atoms. The van der Waals surface area contributed by atoms with Crippen LogP contribution in [0.4, 0.5) is 0 Å². The summed E-state index contributed by atoms with van der Waals surface area (Å²) < 4.78 is 0. The van der Waals surface area contributed by atoms with Crippen LogP contribution in [-0.4, -0.2) is 63.7 Å². The van der Waals surface area contributed by atoms with Crippen molar-refractivity contribution >= 4 is 5.91 Å². The molecule has 0 bridgehead atoms. The Bertz CT molecular complexity index is 798. The molecule has 1 fully saturated rings. The summed E-state index contributed by atoms with van der Waals surface area (Å²) in [5.74, 6) is -0.275. The topological polar surface area (TPSA) is 89.5 Å². The Morgan fingerprint density at radius 2 is 1.85 bits per heavy atom. The molecule has 1 saturated heterocycles. The van der Waals surface area contributed by atoms with E-state index in [9.17, 15) is 14.7 Å². The van der Waals surface area contributed by atoms with E-state index in [1.54, 1.807) is 0 Å². The number of aromatic nitrogens is 2. The fourth-order valence-corrected chi connectivity index (χ4v) is 3.33. The maximum Gasteiger partial charge on any atom is 0.306 e. The van der Waals surface area contributed by atoms with Crippen molar-refractivity contribution in [1.82, 2.24) is 20.0 Å². The van der Waals surface area contributed by atoms with Crippen molar-refractivity contribution < 1.29 is 9.90 Å². The normalized spacial score (nSPS) is 15.0. The summed E-state index contributed by atoms with van der Waals surface area (Å²) >= 11 is 0. The van der Waals surface area contributed by atoms with Crippen LogP contribution in [0.3, 0.4) is 0 Å². The van der Waals surface area contributed by atoms with Gasteiger partial charge in [0.2, 0.25) is 5.91 Å². The lowest BCUT2D eigenvalue weighted by molar-refractivity contribution is -0.132. The molecular weight excluding hydrogens is 344 g/mol. The average molecular weight is 370 g/mol. The Morgan fingerprint density at radius 1 is 1.11 bits per heavy atom. The predicted molar refractivity (Wildman–Crippen MR) is 103 cm³/mol. The summed E-state index contributed by atoms with van der Waals surface area (Å²) in [6.07, 6.45) is 2.94. The van der Waals surface area contributed by atoms with E-state index in [4.69, 9.17) is 0 Å². The third kappa shape index (κ3) is 5.65. The quantitative estimate of drug-likeness (QED) is 0.764. The lowest BCUT2D eigenvalue weighted by atomic mass is 10.1. The molecule has 0 saturated carbocycles. The fourth-order valence-electron chi connectivity index (χ4n) is 3.33. The Kier molecular flexibility index (Phi) is 6.59. The van der Waals surface area contributed by atoms with Gasteiger partial charge in [-0.15, -0.1) is 0 Å². The highest BCUT2D eigenvalue weighted by Crippen LogP contribution is 2.09. The number of hydrogen-bond donors (Lipinski definition) is 2. The molecule has 0 atom stereocenters. The largest absolute Gasteiger partial charge is 0.503 e. The van der Waals surface area contributed by atoms with Crippen LogP contribution in [-0.2, 0) is 17.6 Å². The second-order valence-corrected chi connectivity index (χ2v) is 6.89. The molecule has 2 heterocycles. The summed E-state index contributed by atoms with van der Waals surface area (Å²) in [4.78, 5) is 27.8. The third-order valence-corrected chi connectivity index (χ3v) is 4.94. The lowest BCUT2D eigenvalue weighted by Crippen LogP contribution is -2.48. The molecule has 2 aromatic rings. The number of carbonyl (C=O) groups excluding carboxylic acids is 1. The summed E-state index contributed by atoms with van der Waals surface area (Å²) in [5, 5.41) is 15.5. The minimum absolute atomic E-state index is 0.0893. The van der Waals surface area contributed by atoms with Gasteiger partial charge in [0, 0.05) is 45.1 Å². The van der Waals surface area contributed by atoms with Gasteiger partial charge in [-0.05, 0) is 24.9 Å². The molecule has 1 aliphatic rings. The smallest absolute Gasteiger partial charge is 0.306 e. The van der Waals surface area contributed by atoms with E-state index in [2.05, 4.69) is 39.4 Å². The van der Waals surface area contributed by atoms with Gasteiger partial charge in [0.25, 0.3) is 0 Å². The van der Waals surface area contributed by atoms with Gasteiger partial charge in [0.15, 0.2) is 5.75 Å². The van der Waals surface area contributed by atoms with E-state index in [1.165, 1.54) is 11.6 Å². The lowest BCUT2D eigenvalue weighted by Gasteiger charge is -2.34. The van der Waals surface area contributed by atoms with Crippen molar-refractivity contribution in [3.8, 4) is 5.75 Å². The van der Waals surface area contributed by atoms with Crippen molar-refractivity contribution in [2.24, 2.45) is 0 Å². The first-order valence-electron chi connectivity index (χ1n) is 9.43. The number of aromatic amines is 1. The molecule has 0 radical (unpaired) electrons. The average Bonchev–Trinajstić information content (AvgIpc) is 2.70. The number of H-pyrrole nitrogens is 1. The van der Waals surface area contributed by atoms with Crippen molar-refractivity contribution in [2.75, 3.05) is 32.7 Å². The summed E-state index contributed by atoms with van der Waals surface area (Å²) in [6, 6.07) is 11.8.